The molecule has 2 heterocycles. The van der Waals surface area contributed by atoms with E-state index in [1.165, 1.54) is 5.56 Å². The van der Waals surface area contributed by atoms with Gasteiger partial charge in [-0.3, -0.25) is 9.78 Å². The maximum atomic E-state index is 12.4. The molecule has 1 aromatic carbocycles. The van der Waals surface area contributed by atoms with Crippen LogP contribution in [0.4, 0.5) is 0 Å². The van der Waals surface area contributed by atoms with Gasteiger partial charge in [0.05, 0.1) is 5.75 Å². The van der Waals surface area contributed by atoms with Crippen LogP contribution in [0.25, 0.3) is 0 Å². The van der Waals surface area contributed by atoms with E-state index >= 15 is 0 Å². The van der Waals surface area contributed by atoms with Gasteiger partial charge in [-0.1, -0.05) is 30.3 Å². The molecule has 2 aromatic rings. The minimum Gasteiger partial charge on any atom is -0.341 e. The third-order valence-corrected chi connectivity index (χ3v) is 6.20. The molecule has 0 saturated carbocycles. The fourth-order valence-electron chi connectivity index (χ4n) is 2.62. The zero-order valence-corrected chi connectivity index (χ0v) is 14.6. The van der Waals surface area contributed by atoms with Gasteiger partial charge in [-0.15, -0.1) is 11.8 Å². The first-order valence-corrected chi connectivity index (χ1v) is 9.83. The molecule has 0 spiro atoms. The Kier molecular flexibility index (Phi) is 6.00. The van der Waals surface area contributed by atoms with Crippen molar-refractivity contribution >= 4 is 29.4 Å². The monoisotopic (exact) mass is 344 g/mol. The van der Waals surface area contributed by atoms with E-state index in [0.717, 1.165) is 30.2 Å². The summed E-state index contributed by atoms with van der Waals surface area (Å²) in [6.45, 7) is 1.70. The Morgan fingerprint density at radius 1 is 1.17 bits per heavy atom. The number of aromatic nitrogens is 1. The van der Waals surface area contributed by atoms with E-state index in [9.17, 15) is 4.79 Å². The zero-order chi connectivity index (χ0) is 15.9. The van der Waals surface area contributed by atoms with E-state index in [1.807, 2.05) is 28.8 Å². The van der Waals surface area contributed by atoms with Gasteiger partial charge in [0.1, 0.15) is 0 Å². The first-order valence-electron chi connectivity index (χ1n) is 7.80. The number of hydrogen-bond acceptors (Lipinski definition) is 4. The molecule has 0 radical (unpaired) electrons. The number of rotatable bonds is 4. The standard InChI is InChI=1S/C18H20N2OS2/c21-18(14-23-16-6-9-19-10-7-16)20-11-8-17(22-13-12-20)15-4-2-1-3-5-15/h1-7,9-10,17H,8,11-14H2/t17-/m1/s1. The maximum Gasteiger partial charge on any atom is 0.232 e. The van der Waals surface area contributed by atoms with Crippen LogP contribution in [0.1, 0.15) is 17.2 Å². The molecule has 3 rings (SSSR count). The lowest BCUT2D eigenvalue weighted by Gasteiger charge is -2.20. The smallest absolute Gasteiger partial charge is 0.232 e. The summed E-state index contributed by atoms with van der Waals surface area (Å²) in [6.07, 6.45) is 4.56. The number of pyridine rings is 1. The summed E-state index contributed by atoms with van der Waals surface area (Å²) >= 11 is 3.55. The van der Waals surface area contributed by atoms with Crippen molar-refractivity contribution in [1.82, 2.24) is 9.88 Å². The number of nitrogens with zero attached hydrogens (tertiary/aromatic N) is 2. The van der Waals surface area contributed by atoms with Crippen LogP contribution in [-0.4, -0.2) is 40.4 Å². The van der Waals surface area contributed by atoms with Crippen LogP contribution >= 0.6 is 23.5 Å². The van der Waals surface area contributed by atoms with Crippen LogP contribution in [0.2, 0.25) is 0 Å². The van der Waals surface area contributed by atoms with E-state index in [1.54, 1.807) is 24.2 Å². The van der Waals surface area contributed by atoms with Gasteiger partial charge in [0.25, 0.3) is 0 Å². The molecule has 1 atom stereocenters. The molecule has 120 valence electrons. The average Bonchev–Trinajstić information content (AvgIpc) is 2.87. The third kappa shape index (κ3) is 4.75. The van der Waals surface area contributed by atoms with Crippen molar-refractivity contribution in [2.24, 2.45) is 0 Å². The van der Waals surface area contributed by atoms with Gasteiger partial charge < -0.3 is 4.90 Å². The molecule has 1 saturated heterocycles. The summed E-state index contributed by atoms with van der Waals surface area (Å²) in [6, 6.07) is 14.5. The van der Waals surface area contributed by atoms with Crippen molar-refractivity contribution in [3.8, 4) is 0 Å². The van der Waals surface area contributed by atoms with Crippen LogP contribution in [-0.2, 0) is 4.79 Å². The van der Waals surface area contributed by atoms with Gasteiger partial charge in [0.15, 0.2) is 0 Å². The van der Waals surface area contributed by atoms with Crippen molar-refractivity contribution in [3.63, 3.8) is 0 Å². The van der Waals surface area contributed by atoms with Gasteiger partial charge in [0, 0.05) is 41.4 Å². The second-order valence-corrected chi connectivity index (χ2v) is 7.77. The number of carbonyl (C=O) groups is 1. The summed E-state index contributed by atoms with van der Waals surface area (Å²) in [5.41, 5.74) is 1.37. The molecule has 5 heteroatoms. The van der Waals surface area contributed by atoms with Gasteiger partial charge >= 0.3 is 0 Å². The molecule has 1 aromatic heterocycles. The molecule has 0 bridgehead atoms. The molecular weight excluding hydrogens is 324 g/mol. The predicted molar refractivity (Wildman–Crippen MR) is 97.8 cm³/mol. The Morgan fingerprint density at radius 3 is 2.74 bits per heavy atom. The van der Waals surface area contributed by atoms with E-state index in [2.05, 4.69) is 35.3 Å². The normalized spacial score (nSPS) is 18.4. The molecule has 1 aliphatic rings. The van der Waals surface area contributed by atoms with Crippen LogP contribution < -0.4 is 0 Å². The molecule has 0 unspecified atom stereocenters. The van der Waals surface area contributed by atoms with E-state index < -0.39 is 0 Å². The van der Waals surface area contributed by atoms with Crippen molar-refractivity contribution < 1.29 is 4.79 Å². The minimum atomic E-state index is 0.237. The lowest BCUT2D eigenvalue weighted by atomic mass is 10.1. The molecule has 1 fully saturated rings. The highest BCUT2D eigenvalue weighted by atomic mass is 32.2. The Balaban J connectivity index is 1.52. The summed E-state index contributed by atoms with van der Waals surface area (Å²) < 4.78 is 0. The Bertz CT molecular complexity index is 621. The highest BCUT2D eigenvalue weighted by molar-refractivity contribution is 8.00. The number of amides is 1. The summed E-state index contributed by atoms with van der Waals surface area (Å²) in [5, 5.41) is 0.502. The van der Waals surface area contributed by atoms with Crippen molar-refractivity contribution in [2.45, 2.75) is 16.6 Å². The minimum absolute atomic E-state index is 0.237. The molecule has 0 aliphatic carbocycles. The highest BCUT2D eigenvalue weighted by Crippen LogP contribution is 2.34. The summed E-state index contributed by atoms with van der Waals surface area (Å²) in [4.78, 5) is 19.6. The van der Waals surface area contributed by atoms with Gasteiger partial charge in [-0.2, -0.15) is 11.8 Å². The lowest BCUT2D eigenvalue weighted by molar-refractivity contribution is -0.128. The topological polar surface area (TPSA) is 33.2 Å². The maximum absolute atomic E-state index is 12.4. The van der Waals surface area contributed by atoms with Gasteiger partial charge in [-0.05, 0) is 24.1 Å². The van der Waals surface area contributed by atoms with E-state index in [0.29, 0.717) is 11.0 Å². The van der Waals surface area contributed by atoms with E-state index in [4.69, 9.17) is 0 Å². The van der Waals surface area contributed by atoms with Gasteiger partial charge in [-0.25, -0.2) is 0 Å². The number of benzene rings is 1. The molecule has 0 N–H and O–H groups in total. The number of thioether (sulfide) groups is 2. The third-order valence-electron chi connectivity index (χ3n) is 3.88. The predicted octanol–water partition coefficient (Wildman–Crippen LogP) is 3.88. The molecule has 23 heavy (non-hydrogen) atoms. The Morgan fingerprint density at radius 2 is 1.96 bits per heavy atom. The van der Waals surface area contributed by atoms with Gasteiger partial charge in [0.2, 0.25) is 5.91 Å². The van der Waals surface area contributed by atoms with Crippen molar-refractivity contribution in [3.05, 3.63) is 60.4 Å². The van der Waals surface area contributed by atoms with Crippen molar-refractivity contribution in [2.75, 3.05) is 24.6 Å². The fourth-order valence-corrected chi connectivity index (χ4v) is 4.64. The molecule has 1 amide bonds. The number of hydrogen-bond donors (Lipinski definition) is 0. The average molecular weight is 345 g/mol. The largest absolute Gasteiger partial charge is 0.341 e. The Labute approximate surface area is 145 Å². The molecule has 3 nitrogen and oxygen atoms in total. The molecule has 1 aliphatic heterocycles. The molecular formula is C18H20N2OS2. The van der Waals surface area contributed by atoms with Crippen molar-refractivity contribution in [1.29, 1.82) is 0 Å². The zero-order valence-electron chi connectivity index (χ0n) is 12.9. The van der Waals surface area contributed by atoms with Crippen LogP contribution in [0, 0.1) is 0 Å². The lowest BCUT2D eigenvalue weighted by Crippen LogP contribution is -2.34. The second-order valence-electron chi connectivity index (χ2n) is 5.41. The summed E-state index contributed by atoms with van der Waals surface area (Å²) in [7, 11) is 0. The highest BCUT2D eigenvalue weighted by Gasteiger charge is 2.21. The van der Waals surface area contributed by atoms with Crippen LogP contribution in [0.3, 0.4) is 0 Å². The number of carbonyl (C=O) groups excluding carboxylic acids is 1. The van der Waals surface area contributed by atoms with Crippen LogP contribution in [0.5, 0.6) is 0 Å². The first kappa shape index (κ1) is 16.4. The van der Waals surface area contributed by atoms with E-state index in [-0.39, 0.29) is 5.91 Å². The van der Waals surface area contributed by atoms with Crippen LogP contribution in [0.15, 0.2) is 59.8 Å². The SMILES string of the molecule is O=C(CSc1ccncc1)N1CCS[C@@H](c2ccccc2)CC1. The Hall–Kier alpha value is -1.46. The second kappa shape index (κ2) is 8.41. The summed E-state index contributed by atoms with van der Waals surface area (Å²) in [5.74, 6) is 1.75. The quantitative estimate of drug-likeness (QED) is 0.788. The first-order chi connectivity index (χ1) is 11.3. The fraction of sp³-hybridized carbons (Fsp3) is 0.333.